The van der Waals surface area contributed by atoms with Crippen LogP contribution in [0.5, 0.6) is 0 Å². The normalized spacial score (nSPS) is 11.6. The molecule has 5 heteroatoms. The maximum atomic E-state index is 12.2. The number of ether oxygens (including phenoxy) is 1. The summed E-state index contributed by atoms with van der Waals surface area (Å²) in [6, 6.07) is 9.19. The minimum Gasteiger partial charge on any atom is -0.456 e. The summed E-state index contributed by atoms with van der Waals surface area (Å²) in [5, 5.41) is 12.3. The van der Waals surface area contributed by atoms with Gasteiger partial charge in [0.15, 0.2) is 0 Å². The molecule has 1 aromatic heterocycles. The van der Waals surface area contributed by atoms with Crippen molar-refractivity contribution in [3.8, 4) is 0 Å². The zero-order chi connectivity index (χ0) is 14.5. The SMILES string of the molecule is CCc1cc(C(=O)OC/C(C)=N/O)c2ccccc2n1. The lowest BCUT2D eigenvalue weighted by molar-refractivity contribution is 0.0563. The van der Waals surface area contributed by atoms with E-state index in [9.17, 15) is 4.79 Å². The summed E-state index contributed by atoms with van der Waals surface area (Å²) < 4.78 is 5.13. The van der Waals surface area contributed by atoms with Crippen molar-refractivity contribution < 1.29 is 14.7 Å². The lowest BCUT2D eigenvalue weighted by Gasteiger charge is -2.08. The summed E-state index contributed by atoms with van der Waals surface area (Å²) in [5.41, 5.74) is 2.43. The first-order valence-corrected chi connectivity index (χ1v) is 6.39. The summed E-state index contributed by atoms with van der Waals surface area (Å²) in [4.78, 5) is 16.6. The number of aromatic nitrogens is 1. The molecule has 5 nitrogen and oxygen atoms in total. The number of pyridine rings is 1. The van der Waals surface area contributed by atoms with E-state index in [1.807, 2.05) is 31.2 Å². The third-order valence-corrected chi connectivity index (χ3v) is 2.93. The zero-order valence-corrected chi connectivity index (χ0v) is 11.5. The molecule has 0 aliphatic rings. The van der Waals surface area contributed by atoms with Crippen LogP contribution in [0, 0.1) is 0 Å². The van der Waals surface area contributed by atoms with Gasteiger partial charge in [-0.1, -0.05) is 30.3 Å². The van der Waals surface area contributed by atoms with E-state index in [1.54, 1.807) is 13.0 Å². The van der Waals surface area contributed by atoms with Gasteiger partial charge in [-0.3, -0.25) is 4.98 Å². The number of aryl methyl sites for hydroxylation is 1. The second-order valence-electron chi connectivity index (χ2n) is 4.44. The highest BCUT2D eigenvalue weighted by molar-refractivity contribution is 6.04. The number of oxime groups is 1. The number of rotatable bonds is 4. The predicted octanol–water partition coefficient (Wildman–Crippen LogP) is 2.80. The number of esters is 1. The lowest BCUT2D eigenvalue weighted by Crippen LogP contribution is -2.13. The minimum atomic E-state index is -0.443. The van der Waals surface area contributed by atoms with Crippen molar-refractivity contribution >= 4 is 22.6 Å². The third-order valence-electron chi connectivity index (χ3n) is 2.93. The predicted molar refractivity (Wildman–Crippen MR) is 76.3 cm³/mol. The Labute approximate surface area is 116 Å². The molecule has 0 bridgehead atoms. The molecule has 0 aliphatic carbocycles. The van der Waals surface area contributed by atoms with Crippen LogP contribution in [0.25, 0.3) is 10.9 Å². The van der Waals surface area contributed by atoms with Crippen molar-refractivity contribution in [2.45, 2.75) is 20.3 Å². The van der Waals surface area contributed by atoms with Crippen LogP contribution >= 0.6 is 0 Å². The van der Waals surface area contributed by atoms with Crippen molar-refractivity contribution in [3.05, 3.63) is 41.6 Å². The fourth-order valence-electron chi connectivity index (χ4n) is 1.86. The van der Waals surface area contributed by atoms with Gasteiger partial charge in [-0.05, 0) is 25.5 Å². The standard InChI is InChI=1S/C15H16N2O3/c1-3-11-8-13(15(18)20-9-10(2)17-19)12-6-4-5-7-14(12)16-11/h4-8,19H,3,9H2,1-2H3/b17-10+. The second-order valence-corrected chi connectivity index (χ2v) is 4.44. The Balaban J connectivity index is 2.39. The molecule has 1 heterocycles. The molecule has 2 rings (SSSR count). The van der Waals surface area contributed by atoms with Gasteiger partial charge in [0.2, 0.25) is 0 Å². The molecule has 0 saturated heterocycles. The van der Waals surface area contributed by atoms with E-state index in [0.717, 1.165) is 23.0 Å². The highest BCUT2D eigenvalue weighted by atomic mass is 16.5. The van der Waals surface area contributed by atoms with Gasteiger partial charge in [0.25, 0.3) is 0 Å². The molecule has 0 atom stereocenters. The average molecular weight is 272 g/mol. The first-order chi connectivity index (χ1) is 9.65. The number of carbonyl (C=O) groups is 1. The Morgan fingerprint density at radius 2 is 2.15 bits per heavy atom. The highest BCUT2D eigenvalue weighted by Gasteiger charge is 2.14. The molecule has 0 radical (unpaired) electrons. The van der Waals surface area contributed by atoms with Crippen molar-refractivity contribution in [2.24, 2.45) is 5.16 Å². The van der Waals surface area contributed by atoms with Crippen LogP contribution < -0.4 is 0 Å². The monoisotopic (exact) mass is 272 g/mol. The largest absolute Gasteiger partial charge is 0.456 e. The van der Waals surface area contributed by atoms with E-state index in [2.05, 4.69) is 10.1 Å². The molecule has 104 valence electrons. The molecule has 0 unspecified atom stereocenters. The molecule has 0 aliphatic heterocycles. The fourth-order valence-corrected chi connectivity index (χ4v) is 1.86. The quantitative estimate of drug-likeness (QED) is 0.402. The Hall–Kier alpha value is -2.43. The molecule has 2 aromatic rings. The average Bonchev–Trinajstić information content (AvgIpc) is 2.50. The number of hydrogen-bond donors (Lipinski definition) is 1. The van der Waals surface area contributed by atoms with Crippen molar-refractivity contribution in [1.29, 1.82) is 0 Å². The van der Waals surface area contributed by atoms with Crippen molar-refractivity contribution in [3.63, 3.8) is 0 Å². The molecule has 0 fully saturated rings. The van der Waals surface area contributed by atoms with Crippen molar-refractivity contribution in [1.82, 2.24) is 4.98 Å². The van der Waals surface area contributed by atoms with E-state index in [4.69, 9.17) is 9.94 Å². The van der Waals surface area contributed by atoms with Crippen LogP contribution in [-0.4, -0.2) is 28.5 Å². The summed E-state index contributed by atoms with van der Waals surface area (Å²) in [7, 11) is 0. The van der Waals surface area contributed by atoms with Gasteiger partial charge in [-0.2, -0.15) is 0 Å². The molecular formula is C15H16N2O3. The van der Waals surface area contributed by atoms with Crippen LogP contribution in [0.3, 0.4) is 0 Å². The Morgan fingerprint density at radius 1 is 1.40 bits per heavy atom. The van der Waals surface area contributed by atoms with Gasteiger partial charge in [0.1, 0.15) is 6.61 Å². The number of benzene rings is 1. The Morgan fingerprint density at radius 3 is 2.85 bits per heavy atom. The Kier molecular flexibility index (Phi) is 4.30. The lowest BCUT2D eigenvalue weighted by atomic mass is 10.1. The topological polar surface area (TPSA) is 71.8 Å². The van der Waals surface area contributed by atoms with E-state index < -0.39 is 5.97 Å². The van der Waals surface area contributed by atoms with Crippen LogP contribution in [0.2, 0.25) is 0 Å². The molecule has 20 heavy (non-hydrogen) atoms. The third kappa shape index (κ3) is 2.93. The molecule has 1 aromatic carbocycles. The summed E-state index contributed by atoms with van der Waals surface area (Å²) in [5.74, 6) is -0.443. The number of fused-ring (bicyclic) bond motifs is 1. The van der Waals surface area contributed by atoms with E-state index >= 15 is 0 Å². The molecular weight excluding hydrogens is 256 g/mol. The Bertz CT molecular complexity index is 665. The van der Waals surface area contributed by atoms with Gasteiger partial charge in [-0.25, -0.2) is 4.79 Å². The van der Waals surface area contributed by atoms with Gasteiger partial charge in [0.05, 0.1) is 16.8 Å². The van der Waals surface area contributed by atoms with Gasteiger partial charge < -0.3 is 9.94 Å². The molecule has 0 spiro atoms. The van der Waals surface area contributed by atoms with Crippen LogP contribution in [0.15, 0.2) is 35.5 Å². The summed E-state index contributed by atoms with van der Waals surface area (Å²) >= 11 is 0. The number of hydrogen-bond acceptors (Lipinski definition) is 5. The fraction of sp³-hybridized carbons (Fsp3) is 0.267. The van der Waals surface area contributed by atoms with Gasteiger partial charge in [0, 0.05) is 11.1 Å². The van der Waals surface area contributed by atoms with Crippen molar-refractivity contribution in [2.75, 3.05) is 6.61 Å². The minimum absolute atomic E-state index is 0.0343. The molecule has 0 amide bonds. The number of carbonyl (C=O) groups excluding carboxylic acids is 1. The summed E-state index contributed by atoms with van der Waals surface area (Å²) in [6.45, 7) is 3.53. The first-order valence-electron chi connectivity index (χ1n) is 6.39. The number of para-hydroxylation sites is 1. The van der Waals surface area contributed by atoms with E-state index in [-0.39, 0.29) is 6.61 Å². The van der Waals surface area contributed by atoms with E-state index in [0.29, 0.717) is 11.3 Å². The summed E-state index contributed by atoms with van der Waals surface area (Å²) in [6.07, 6.45) is 0.738. The van der Waals surface area contributed by atoms with Crippen LogP contribution in [-0.2, 0) is 11.2 Å². The second kappa shape index (κ2) is 6.14. The molecule has 0 saturated carbocycles. The molecule has 1 N–H and O–H groups in total. The number of nitrogens with zero attached hydrogens (tertiary/aromatic N) is 2. The van der Waals surface area contributed by atoms with Gasteiger partial charge >= 0.3 is 5.97 Å². The van der Waals surface area contributed by atoms with E-state index in [1.165, 1.54) is 0 Å². The zero-order valence-electron chi connectivity index (χ0n) is 11.5. The smallest absolute Gasteiger partial charge is 0.339 e. The maximum Gasteiger partial charge on any atom is 0.339 e. The maximum absolute atomic E-state index is 12.2. The highest BCUT2D eigenvalue weighted by Crippen LogP contribution is 2.19. The van der Waals surface area contributed by atoms with Gasteiger partial charge in [-0.15, -0.1) is 0 Å². The first kappa shape index (κ1) is 14.0. The van der Waals surface area contributed by atoms with Crippen LogP contribution in [0.1, 0.15) is 29.9 Å². The van der Waals surface area contributed by atoms with Crippen LogP contribution in [0.4, 0.5) is 0 Å².